The lowest BCUT2D eigenvalue weighted by Crippen LogP contribution is -2.12. The van der Waals surface area contributed by atoms with Crippen LogP contribution in [-0.2, 0) is 6.42 Å². The van der Waals surface area contributed by atoms with Crippen molar-refractivity contribution in [3.05, 3.63) is 40.9 Å². The molecule has 0 aliphatic rings. The number of nitrogens with zero attached hydrogens (tertiary/aromatic N) is 1. The second-order valence-corrected chi connectivity index (χ2v) is 7.62. The van der Waals surface area contributed by atoms with Crippen LogP contribution in [0.5, 0.6) is 11.5 Å². The minimum Gasteiger partial charge on any atom is -0.497 e. The van der Waals surface area contributed by atoms with Gasteiger partial charge in [-0.2, -0.15) is 0 Å². The third-order valence-electron chi connectivity index (χ3n) is 4.13. The Bertz CT molecular complexity index is 982. The number of nitrogens with one attached hydrogen (secondary N) is 1. The number of nitrogens with two attached hydrogens (primary N) is 1. The van der Waals surface area contributed by atoms with Crippen LogP contribution in [0.4, 0.5) is 11.4 Å². The molecule has 6 nitrogen and oxygen atoms in total. The number of thiophene rings is 1. The summed E-state index contributed by atoms with van der Waals surface area (Å²) in [4.78, 5) is 18.7. The number of benzene rings is 1. The number of carbonyl (C=O) groups excluding carboxylic acids is 1. The number of methoxy groups -OCH3 is 2. The Morgan fingerprint density at radius 3 is 2.67 bits per heavy atom. The van der Waals surface area contributed by atoms with Crippen LogP contribution < -0.4 is 20.5 Å². The molecule has 0 aliphatic heterocycles. The molecule has 1 aromatic carbocycles. The maximum Gasteiger partial charge on any atom is 0.268 e. The molecule has 2 aromatic heterocycles. The fourth-order valence-electron chi connectivity index (χ4n) is 2.83. The number of hydrogen-bond donors (Lipinski definition) is 2. The predicted octanol–water partition coefficient (Wildman–Crippen LogP) is 4.35. The number of rotatable bonds is 6. The molecule has 0 atom stereocenters. The highest BCUT2D eigenvalue weighted by atomic mass is 32.1. The lowest BCUT2D eigenvalue weighted by molar-refractivity contribution is 0.103. The van der Waals surface area contributed by atoms with Crippen LogP contribution in [-0.4, -0.2) is 25.1 Å². The van der Waals surface area contributed by atoms with Gasteiger partial charge in [0.15, 0.2) is 0 Å². The average molecular weight is 385 g/mol. The quantitative estimate of drug-likeness (QED) is 0.659. The van der Waals surface area contributed by atoms with Crippen molar-refractivity contribution in [3.63, 3.8) is 0 Å². The van der Waals surface area contributed by atoms with E-state index in [1.165, 1.54) is 11.3 Å². The van der Waals surface area contributed by atoms with E-state index in [1.807, 2.05) is 12.1 Å². The van der Waals surface area contributed by atoms with Crippen LogP contribution >= 0.6 is 11.3 Å². The highest BCUT2D eigenvalue weighted by Crippen LogP contribution is 2.35. The second-order valence-electron chi connectivity index (χ2n) is 6.62. The number of pyridine rings is 1. The van der Waals surface area contributed by atoms with Gasteiger partial charge < -0.3 is 20.5 Å². The van der Waals surface area contributed by atoms with Gasteiger partial charge in [-0.3, -0.25) is 4.79 Å². The van der Waals surface area contributed by atoms with Gasteiger partial charge in [-0.1, -0.05) is 13.8 Å². The zero-order valence-electron chi connectivity index (χ0n) is 15.8. The SMILES string of the molecule is COc1ccc(OC)c(NC(=O)c2sc3nc(CC(C)C)ccc3c2N)c1. The van der Waals surface area contributed by atoms with Gasteiger partial charge in [0, 0.05) is 17.1 Å². The van der Waals surface area contributed by atoms with Crippen LogP contribution in [0.1, 0.15) is 29.2 Å². The third kappa shape index (κ3) is 3.98. The van der Waals surface area contributed by atoms with Crippen LogP contribution in [0.3, 0.4) is 0 Å². The fraction of sp³-hybridized carbons (Fsp3) is 0.300. The second kappa shape index (κ2) is 7.84. The molecular formula is C20H23N3O3S. The molecular weight excluding hydrogens is 362 g/mol. The van der Waals surface area contributed by atoms with Gasteiger partial charge in [-0.15, -0.1) is 11.3 Å². The van der Waals surface area contributed by atoms with Crippen LogP contribution in [0.2, 0.25) is 0 Å². The lowest BCUT2D eigenvalue weighted by atomic mass is 10.1. The maximum absolute atomic E-state index is 12.8. The molecule has 3 rings (SSSR count). The molecule has 3 aromatic rings. The molecule has 0 aliphatic carbocycles. The van der Waals surface area contributed by atoms with Crippen molar-refractivity contribution in [1.82, 2.24) is 4.98 Å². The summed E-state index contributed by atoms with van der Waals surface area (Å²) in [5.41, 5.74) is 8.19. The molecule has 3 N–H and O–H groups in total. The smallest absolute Gasteiger partial charge is 0.268 e. The van der Waals surface area contributed by atoms with E-state index in [4.69, 9.17) is 15.2 Å². The van der Waals surface area contributed by atoms with E-state index in [0.29, 0.717) is 33.7 Å². The first-order valence-electron chi connectivity index (χ1n) is 8.64. The zero-order chi connectivity index (χ0) is 19.6. The van der Waals surface area contributed by atoms with E-state index in [1.54, 1.807) is 32.4 Å². The molecule has 142 valence electrons. The lowest BCUT2D eigenvalue weighted by Gasteiger charge is -2.11. The topological polar surface area (TPSA) is 86.5 Å². The highest BCUT2D eigenvalue weighted by molar-refractivity contribution is 7.21. The molecule has 0 saturated carbocycles. The van der Waals surface area contributed by atoms with Gasteiger partial charge in [0.25, 0.3) is 5.91 Å². The summed E-state index contributed by atoms with van der Waals surface area (Å²) in [5, 5.41) is 3.66. The Balaban J connectivity index is 1.93. The summed E-state index contributed by atoms with van der Waals surface area (Å²) in [6.07, 6.45) is 0.885. The van der Waals surface area contributed by atoms with E-state index in [9.17, 15) is 4.79 Å². The van der Waals surface area contributed by atoms with Gasteiger partial charge in [-0.05, 0) is 36.6 Å². The number of carbonyl (C=O) groups is 1. The van der Waals surface area contributed by atoms with Crippen molar-refractivity contribution in [2.45, 2.75) is 20.3 Å². The van der Waals surface area contributed by atoms with Crippen LogP contribution in [0.15, 0.2) is 30.3 Å². The van der Waals surface area contributed by atoms with Gasteiger partial charge in [0.1, 0.15) is 21.2 Å². The molecule has 7 heteroatoms. The first kappa shape index (κ1) is 19.0. The molecule has 0 fully saturated rings. The predicted molar refractivity (Wildman–Crippen MR) is 110 cm³/mol. The minimum absolute atomic E-state index is 0.299. The Morgan fingerprint density at radius 1 is 1.22 bits per heavy atom. The molecule has 0 radical (unpaired) electrons. The van der Waals surface area contributed by atoms with Gasteiger partial charge in [0.2, 0.25) is 0 Å². The Morgan fingerprint density at radius 2 is 2.00 bits per heavy atom. The number of nitrogen functional groups attached to an aromatic ring is 1. The van der Waals surface area contributed by atoms with Gasteiger partial charge >= 0.3 is 0 Å². The van der Waals surface area contributed by atoms with Crippen molar-refractivity contribution in [2.24, 2.45) is 5.92 Å². The molecule has 1 amide bonds. The van der Waals surface area contributed by atoms with Crippen LogP contribution in [0.25, 0.3) is 10.2 Å². The molecule has 0 bridgehead atoms. The molecule has 0 unspecified atom stereocenters. The molecule has 2 heterocycles. The summed E-state index contributed by atoms with van der Waals surface area (Å²) < 4.78 is 10.5. The summed E-state index contributed by atoms with van der Waals surface area (Å²) in [5.74, 6) is 1.37. The number of fused-ring (bicyclic) bond motifs is 1. The number of anilines is 2. The summed E-state index contributed by atoms with van der Waals surface area (Å²) >= 11 is 1.30. The standard InChI is InChI=1S/C20H23N3O3S/c1-11(2)9-12-5-7-14-17(21)18(27-20(14)22-12)19(24)23-15-10-13(25-3)6-8-16(15)26-4/h5-8,10-11H,9,21H2,1-4H3,(H,23,24). The Kier molecular flexibility index (Phi) is 5.51. The fourth-order valence-corrected chi connectivity index (χ4v) is 3.83. The Hall–Kier alpha value is -2.80. The number of aromatic nitrogens is 1. The highest BCUT2D eigenvalue weighted by Gasteiger charge is 2.19. The monoisotopic (exact) mass is 385 g/mol. The van der Waals surface area contributed by atoms with E-state index >= 15 is 0 Å². The van der Waals surface area contributed by atoms with Crippen molar-refractivity contribution in [1.29, 1.82) is 0 Å². The zero-order valence-corrected chi connectivity index (χ0v) is 16.6. The van der Waals surface area contributed by atoms with Gasteiger partial charge in [-0.25, -0.2) is 4.98 Å². The summed E-state index contributed by atoms with van der Waals surface area (Å²) in [6, 6.07) is 9.12. The third-order valence-corrected chi connectivity index (χ3v) is 5.24. The first-order chi connectivity index (χ1) is 12.9. The molecule has 0 spiro atoms. The van der Waals surface area contributed by atoms with Crippen molar-refractivity contribution < 1.29 is 14.3 Å². The first-order valence-corrected chi connectivity index (χ1v) is 9.45. The minimum atomic E-state index is -0.299. The molecule has 27 heavy (non-hydrogen) atoms. The number of hydrogen-bond acceptors (Lipinski definition) is 6. The van der Waals surface area contributed by atoms with Gasteiger partial charge in [0.05, 0.1) is 25.6 Å². The Labute approximate surface area is 162 Å². The van der Waals surface area contributed by atoms with Crippen molar-refractivity contribution >= 4 is 38.8 Å². The number of ether oxygens (including phenoxy) is 2. The van der Waals surface area contributed by atoms with Crippen molar-refractivity contribution in [2.75, 3.05) is 25.3 Å². The summed E-state index contributed by atoms with van der Waals surface area (Å²) in [6.45, 7) is 4.30. The van der Waals surface area contributed by atoms with Crippen LogP contribution in [0, 0.1) is 5.92 Å². The van der Waals surface area contributed by atoms with E-state index in [-0.39, 0.29) is 5.91 Å². The maximum atomic E-state index is 12.8. The molecule has 0 saturated heterocycles. The largest absolute Gasteiger partial charge is 0.497 e. The number of amides is 1. The van der Waals surface area contributed by atoms with E-state index in [2.05, 4.69) is 24.1 Å². The van der Waals surface area contributed by atoms with E-state index < -0.39 is 0 Å². The average Bonchev–Trinajstić information content (AvgIpc) is 2.97. The summed E-state index contributed by atoms with van der Waals surface area (Å²) in [7, 11) is 3.11. The normalized spacial score (nSPS) is 11.0. The van der Waals surface area contributed by atoms with Crippen molar-refractivity contribution in [3.8, 4) is 11.5 Å². The van der Waals surface area contributed by atoms with E-state index in [0.717, 1.165) is 22.3 Å².